The van der Waals surface area contributed by atoms with Crippen LogP contribution in [0, 0.1) is 35.0 Å². The monoisotopic (exact) mass is 512 g/mol. The Morgan fingerprint density at radius 1 is 0.657 bits per heavy atom. The number of ether oxygens (including phenoxy) is 3. The van der Waals surface area contributed by atoms with Gasteiger partial charge in [0.25, 0.3) is 5.97 Å². The summed E-state index contributed by atoms with van der Waals surface area (Å²) in [4.78, 5) is 0. The summed E-state index contributed by atoms with van der Waals surface area (Å²) in [5.74, 6) is -13.7. The average molecular weight is 513 g/mol. The van der Waals surface area contributed by atoms with Gasteiger partial charge in [-0.2, -0.15) is 8.78 Å². The van der Waals surface area contributed by atoms with Crippen LogP contribution in [0.1, 0.15) is 98.8 Å². The van der Waals surface area contributed by atoms with Crippen LogP contribution in [0.4, 0.5) is 22.0 Å². The summed E-state index contributed by atoms with van der Waals surface area (Å²) in [6.45, 7) is 9.10. The van der Waals surface area contributed by atoms with Crippen LogP contribution >= 0.6 is 0 Å². The fraction of sp³-hybridized carbons (Fsp3) is 0.769. The lowest BCUT2D eigenvalue weighted by Gasteiger charge is -2.38. The normalized spacial score (nSPS) is 13.2. The largest absolute Gasteiger partial charge is 0.487 e. The van der Waals surface area contributed by atoms with Gasteiger partial charge in [0.1, 0.15) is 0 Å². The fourth-order valence-electron chi connectivity index (χ4n) is 3.95. The van der Waals surface area contributed by atoms with Crippen molar-refractivity contribution in [3.8, 4) is 5.75 Å². The van der Waals surface area contributed by atoms with Crippen LogP contribution in [0.5, 0.6) is 5.75 Å². The topological polar surface area (TPSA) is 47.9 Å². The van der Waals surface area contributed by atoms with Crippen molar-refractivity contribution in [2.24, 2.45) is 5.92 Å². The maximum absolute atomic E-state index is 13.8. The number of rotatable bonds is 18. The summed E-state index contributed by atoms with van der Waals surface area (Å²) in [6, 6.07) is 0. The highest BCUT2D eigenvalue weighted by atomic mass is 19.2. The van der Waals surface area contributed by atoms with Gasteiger partial charge in [-0.3, -0.25) is 0 Å². The average Bonchev–Trinajstić information content (AvgIpc) is 2.77. The summed E-state index contributed by atoms with van der Waals surface area (Å²) >= 11 is 0. The van der Waals surface area contributed by atoms with E-state index in [0.29, 0.717) is 19.3 Å². The highest BCUT2D eigenvalue weighted by Crippen LogP contribution is 2.34. The molecule has 1 N–H and O–H groups in total. The van der Waals surface area contributed by atoms with Crippen molar-refractivity contribution in [3.05, 3.63) is 29.1 Å². The van der Waals surface area contributed by atoms with Crippen molar-refractivity contribution in [1.29, 1.82) is 0 Å². The van der Waals surface area contributed by atoms with E-state index < -0.39 is 40.8 Å². The van der Waals surface area contributed by atoms with Gasteiger partial charge < -0.3 is 19.3 Å². The van der Waals surface area contributed by atoms with E-state index in [2.05, 4.69) is 6.92 Å². The molecule has 4 nitrogen and oxygen atoms in total. The minimum absolute atomic E-state index is 0.253. The van der Waals surface area contributed by atoms with Crippen molar-refractivity contribution < 1.29 is 41.3 Å². The Balaban J connectivity index is 2.77. The molecule has 0 aliphatic heterocycles. The Hall–Kier alpha value is -1.45. The van der Waals surface area contributed by atoms with Crippen LogP contribution in [0.3, 0.4) is 0 Å². The van der Waals surface area contributed by atoms with Gasteiger partial charge >= 0.3 is 0 Å². The molecule has 0 aliphatic carbocycles. The number of aliphatic hydroxyl groups is 1. The minimum atomic E-state index is -2.22. The number of hydrogen-bond donors (Lipinski definition) is 1. The molecule has 1 atom stereocenters. The van der Waals surface area contributed by atoms with Crippen molar-refractivity contribution in [1.82, 2.24) is 0 Å². The summed E-state index contributed by atoms with van der Waals surface area (Å²) in [5.41, 5.74) is 0. The van der Waals surface area contributed by atoms with Crippen LogP contribution in [-0.4, -0.2) is 29.9 Å². The molecule has 0 aliphatic rings. The van der Waals surface area contributed by atoms with Crippen LogP contribution in [0.25, 0.3) is 0 Å². The lowest BCUT2D eigenvalue weighted by Crippen LogP contribution is -2.47. The van der Waals surface area contributed by atoms with E-state index in [-0.39, 0.29) is 31.2 Å². The second-order valence-electron chi connectivity index (χ2n) is 9.46. The molecular formula is C26H41F5O4. The molecule has 0 spiro atoms. The lowest BCUT2D eigenvalue weighted by atomic mass is 9.92. The van der Waals surface area contributed by atoms with E-state index in [1.54, 1.807) is 27.7 Å². The molecule has 1 aromatic rings. The molecule has 0 aromatic heterocycles. The van der Waals surface area contributed by atoms with Gasteiger partial charge in [-0.1, -0.05) is 45.4 Å². The Kier molecular flexibility index (Phi) is 14.1. The highest BCUT2D eigenvalue weighted by Gasteiger charge is 2.40. The van der Waals surface area contributed by atoms with E-state index in [4.69, 9.17) is 14.2 Å². The number of hydrogen-bond acceptors (Lipinski definition) is 4. The SMILES string of the molecule is CCCCCCCCC(CCCCOc1c(F)c(F)c(F)c(F)c1F)C(O)(OC(C)C)OC(C)C. The predicted molar refractivity (Wildman–Crippen MR) is 124 cm³/mol. The third-order valence-corrected chi connectivity index (χ3v) is 5.59. The van der Waals surface area contributed by atoms with Crippen LogP contribution in [0.15, 0.2) is 0 Å². The second kappa shape index (κ2) is 15.6. The van der Waals surface area contributed by atoms with Crippen LogP contribution in [-0.2, 0) is 9.47 Å². The minimum Gasteiger partial charge on any atom is -0.487 e. The second-order valence-corrected chi connectivity index (χ2v) is 9.46. The molecule has 0 fully saturated rings. The smallest absolute Gasteiger partial charge is 0.283 e. The molecule has 9 heteroatoms. The van der Waals surface area contributed by atoms with E-state index in [0.717, 1.165) is 32.1 Å². The third kappa shape index (κ3) is 10.2. The predicted octanol–water partition coefficient (Wildman–Crippen LogP) is 7.79. The van der Waals surface area contributed by atoms with Gasteiger partial charge in [0.2, 0.25) is 29.1 Å². The van der Waals surface area contributed by atoms with E-state index in [1.165, 1.54) is 6.42 Å². The molecule has 0 radical (unpaired) electrons. The molecule has 0 saturated heterocycles. The zero-order valence-corrected chi connectivity index (χ0v) is 21.6. The molecule has 1 rings (SSSR count). The van der Waals surface area contributed by atoms with Crippen molar-refractivity contribution in [3.63, 3.8) is 0 Å². The molecule has 0 heterocycles. The molecule has 0 amide bonds. The quantitative estimate of drug-likeness (QED) is 0.0717. The Labute approximate surface area is 206 Å². The van der Waals surface area contributed by atoms with E-state index in [1.807, 2.05) is 0 Å². The van der Waals surface area contributed by atoms with E-state index >= 15 is 0 Å². The first kappa shape index (κ1) is 31.6. The molecule has 204 valence electrons. The third-order valence-electron chi connectivity index (χ3n) is 5.59. The van der Waals surface area contributed by atoms with E-state index in [9.17, 15) is 27.1 Å². The maximum Gasteiger partial charge on any atom is 0.283 e. The number of benzene rings is 1. The van der Waals surface area contributed by atoms with Gasteiger partial charge in [0, 0.05) is 5.92 Å². The fourth-order valence-corrected chi connectivity index (χ4v) is 3.95. The molecule has 35 heavy (non-hydrogen) atoms. The molecule has 1 unspecified atom stereocenters. The van der Waals surface area contributed by atoms with Gasteiger partial charge in [-0.05, 0) is 53.4 Å². The summed E-state index contributed by atoms with van der Waals surface area (Å²) in [6.07, 6.45) is 7.75. The number of halogens is 5. The van der Waals surface area contributed by atoms with Crippen molar-refractivity contribution >= 4 is 0 Å². The first-order valence-electron chi connectivity index (χ1n) is 12.7. The summed E-state index contributed by atoms with van der Waals surface area (Å²) in [5, 5.41) is 11.3. The highest BCUT2D eigenvalue weighted by molar-refractivity contribution is 5.29. The van der Waals surface area contributed by atoms with Gasteiger partial charge in [0.05, 0.1) is 18.8 Å². The number of unbranched alkanes of at least 4 members (excludes halogenated alkanes) is 6. The zero-order valence-electron chi connectivity index (χ0n) is 21.6. The maximum atomic E-state index is 13.8. The zero-order chi connectivity index (χ0) is 26.6. The van der Waals surface area contributed by atoms with Crippen LogP contribution < -0.4 is 4.74 Å². The molecule has 1 aromatic carbocycles. The summed E-state index contributed by atoms with van der Waals surface area (Å²) < 4.78 is 83.9. The molecular weight excluding hydrogens is 471 g/mol. The Morgan fingerprint density at radius 3 is 1.57 bits per heavy atom. The van der Waals surface area contributed by atoms with Crippen molar-refractivity contribution in [2.45, 2.75) is 117 Å². The Morgan fingerprint density at radius 2 is 1.09 bits per heavy atom. The summed E-state index contributed by atoms with van der Waals surface area (Å²) in [7, 11) is 0. The molecule has 0 bridgehead atoms. The molecule has 0 saturated carbocycles. The standard InChI is InChI=1S/C26H41F5O4/c1-6-7-8-9-10-11-14-19(26(32,34-17(2)3)35-18(4)5)15-12-13-16-33-25-23(30)21(28)20(27)22(29)24(25)31/h17-19,32H,6-16H2,1-5H3. The van der Waals surface area contributed by atoms with Gasteiger partial charge in [-0.15, -0.1) is 0 Å². The first-order chi connectivity index (χ1) is 16.4. The van der Waals surface area contributed by atoms with Crippen molar-refractivity contribution in [2.75, 3.05) is 6.61 Å². The van der Waals surface area contributed by atoms with Crippen LogP contribution in [0.2, 0.25) is 0 Å². The lowest BCUT2D eigenvalue weighted by molar-refractivity contribution is -0.407. The first-order valence-corrected chi connectivity index (χ1v) is 12.7. The van der Waals surface area contributed by atoms with Gasteiger partial charge in [0.15, 0.2) is 5.75 Å². The van der Waals surface area contributed by atoms with Gasteiger partial charge in [-0.25, -0.2) is 13.2 Å². The Bertz CT molecular complexity index is 719.